The van der Waals surface area contributed by atoms with E-state index >= 15 is 0 Å². The van der Waals surface area contributed by atoms with Gasteiger partial charge in [-0.2, -0.15) is 0 Å². The van der Waals surface area contributed by atoms with Crippen LogP contribution < -0.4 is 9.80 Å². The first-order valence-electron chi connectivity index (χ1n) is 11.4. The molecule has 5 rings (SSSR count). The summed E-state index contributed by atoms with van der Waals surface area (Å²) in [5, 5.41) is 5.19. The summed E-state index contributed by atoms with van der Waals surface area (Å²) in [6.45, 7) is 14.8. The summed E-state index contributed by atoms with van der Waals surface area (Å²) in [7, 11) is 0. The van der Waals surface area contributed by atoms with Gasteiger partial charge in [-0.3, -0.25) is 0 Å². The van der Waals surface area contributed by atoms with Crippen LogP contribution >= 0.6 is 0 Å². The van der Waals surface area contributed by atoms with Gasteiger partial charge < -0.3 is 9.80 Å². The molecule has 0 unspecified atom stereocenters. The highest BCUT2D eigenvalue weighted by molar-refractivity contribution is 5.99. The second-order valence-electron chi connectivity index (χ2n) is 9.16. The molecule has 0 saturated carbocycles. The van der Waals surface area contributed by atoms with Gasteiger partial charge in [-0.15, -0.1) is 0 Å². The Morgan fingerprint density at radius 2 is 1.00 bits per heavy atom. The molecular weight excluding hydrogens is 376 g/mol. The van der Waals surface area contributed by atoms with Gasteiger partial charge in [0.2, 0.25) is 6.67 Å². The molecule has 156 valence electrons. The van der Waals surface area contributed by atoms with Crippen LogP contribution in [0.5, 0.6) is 0 Å². The van der Waals surface area contributed by atoms with Gasteiger partial charge >= 0.3 is 0 Å². The fraction of sp³-hybridized carbons (Fsp3) is 0.276. The Kier molecular flexibility index (Phi) is 5.09. The van der Waals surface area contributed by atoms with E-state index in [0.29, 0.717) is 11.8 Å². The summed E-state index contributed by atoms with van der Waals surface area (Å²) in [5.41, 5.74) is 5.38. The molecule has 1 fully saturated rings. The largest absolute Gasteiger partial charge is 0.339 e. The minimum absolute atomic E-state index is 0.458. The number of anilines is 2. The van der Waals surface area contributed by atoms with E-state index in [1.165, 1.54) is 44.0 Å². The molecule has 1 aliphatic heterocycles. The van der Waals surface area contributed by atoms with Crippen molar-refractivity contribution in [1.29, 1.82) is 0 Å². The van der Waals surface area contributed by atoms with Gasteiger partial charge in [0.05, 0.1) is 11.4 Å². The highest BCUT2D eigenvalue weighted by Gasteiger charge is 2.29. The van der Waals surface area contributed by atoms with E-state index < -0.39 is 0 Å². The number of benzene rings is 4. The number of hydrogen-bond acceptors (Lipinski definition) is 2. The molecule has 0 bridgehead atoms. The van der Waals surface area contributed by atoms with E-state index in [9.17, 15) is 0 Å². The molecular formula is C29H30N2. The van der Waals surface area contributed by atoms with Crippen LogP contribution in [-0.4, -0.2) is 13.1 Å². The normalized spacial score (nSPS) is 14.5. The van der Waals surface area contributed by atoms with Gasteiger partial charge in [0.1, 0.15) is 0 Å². The minimum Gasteiger partial charge on any atom is -0.339 e. The van der Waals surface area contributed by atoms with Gasteiger partial charge in [-0.25, -0.2) is 0 Å². The van der Waals surface area contributed by atoms with Gasteiger partial charge in [0.25, 0.3) is 0 Å². The second-order valence-corrected chi connectivity index (χ2v) is 9.16. The van der Waals surface area contributed by atoms with E-state index in [1.807, 2.05) is 0 Å². The Bertz CT molecular complexity index is 1140. The zero-order valence-electron chi connectivity index (χ0n) is 18.9. The van der Waals surface area contributed by atoms with Crippen LogP contribution in [0.2, 0.25) is 0 Å². The lowest BCUT2D eigenvalue weighted by atomic mass is 9.95. The highest BCUT2D eigenvalue weighted by atomic mass is 15.4. The van der Waals surface area contributed by atoms with Crippen LogP contribution in [0.4, 0.5) is 11.4 Å². The van der Waals surface area contributed by atoms with E-state index in [-0.39, 0.29) is 0 Å². The molecule has 0 amide bonds. The van der Waals surface area contributed by atoms with Crippen LogP contribution in [0.1, 0.15) is 50.7 Å². The smallest absolute Gasteiger partial charge is 0.208 e. The third-order valence-corrected chi connectivity index (χ3v) is 6.44. The van der Waals surface area contributed by atoms with Gasteiger partial charge in [-0.05, 0) is 33.7 Å². The summed E-state index contributed by atoms with van der Waals surface area (Å²) in [6.07, 6.45) is 0. The van der Waals surface area contributed by atoms with Crippen molar-refractivity contribution in [3.63, 3.8) is 0 Å². The predicted octanol–water partition coefficient (Wildman–Crippen LogP) is 7.56. The molecule has 1 aliphatic rings. The SMILES string of the molecule is CC(C)c1ccc2ccccc2c1N1[C]N(c2c(C(C)C)ccc3ccccc23)CC1. The maximum absolute atomic E-state index is 3.77. The van der Waals surface area contributed by atoms with Crippen LogP contribution in [-0.2, 0) is 0 Å². The van der Waals surface area contributed by atoms with Crippen LogP contribution in [0, 0.1) is 6.67 Å². The van der Waals surface area contributed by atoms with Crippen molar-refractivity contribution in [2.24, 2.45) is 0 Å². The summed E-state index contributed by atoms with van der Waals surface area (Å²) in [6, 6.07) is 26.5. The molecule has 1 heterocycles. The van der Waals surface area contributed by atoms with Gasteiger partial charge in [0.15, 0.2) is 0 Å². The van der Waals surface area contributed by atoms with Crippen molar-refractivity contribution < 1.29 is 0 Å². The Morgan fingerprint density at radius 1 is 0.581 bits per heavy atom. The maximum atomic E-state index is 3.77. The minimum atomic E-state index is 0.458. The number of fused-ring (bicyclic) bond motifs is 2. The zero-order chi connectivity index (χ0) is 21.5. The van der Waals surface area contributed by atoms with Crippen molar-refractivity contribution in [3.8, 4) is 0 Å². The molecule has 0 atom stereocenters. The molecule has 0 spiro atoms. The van der Waals surface area contributed by atoms with E-state index in [0.717, 1.165) is 13.1 Å². The van der Waals surface area contributed by atoms with Crippen LogP contribution in [0.3, 0.4) is 0 Å². The van der Waals surface area contributed by atoms with Crippen molar-refractivity contribution in [3.05, 3.63) is 90.6 Å². The van der Waals surface area contributed by atoms with Crippen LogP contribution in [0.15, 0.2) is 72.8 Å². The Balaban J connectivity index is 1.61. The zero-order valence-corrected chi connectivity index (χ0v) is 18.9. The second kappa shape index (κ2) is 7.92. The predicted molar refractivity (Wildman–Crippen MR) is 134 cm³/mol. The van der Waals surface area contributed by atoms with Gasteiger partial charge in [0, 0.05) is 23.9 Å². The van der Waals surface area contributed by atoms with Crippen molar-refractivity contribution in [2.45, 2.75) is 39.5 Å². The quantitative estimate of drug-likeness (QED) is 0.345. The molecule has 4 aromatic carbocycles. The molecule has 0 aliphatic carbocycles. The van der Waals surface area contributed by atoms with E-state index in [4.69, 9.17) is 0 Å². The standard InChI is InChI=1S/C29H30N2/c1-20(2)24-15-13-22-9-5-7-11-26(22)28(24)30-17-18-31(19-30)29-25(21(3)4)16-14-23-10-6-8-12-27(23)29/h5-16,20-21H,17-18H2,1-4H3. The van der Waals surface area contributed by atoms with Gasteiger partial charge in [-0.1, -0.05) is 100 Å². The fourth-order valence-corrected chi connectivity index (χ4v) is 4.85. The first-order chi connectivity index (χ1) is 15.0. The molecule has 0 N–H and O–H groups in total. The lowest BCUT2D eigenvalue weighted by Crippen LogP contribution is -2.21. The molecule has 2 nitrogen and oxygen atoms in total. The topological polar surface area (TPSA) is 6.48 Å². The summed E-state index contributed by atoms with van der Waals surface area (Å²) < 4.78 is 0. The summed E-state index contributed by atoms with van der Waals surface area (Å²) in [5.74, 6) is 0.915. The summed E-state index contributed by atoms with van der Waals surface area (Å²) >= 11 is 0. The Labute approximate surface area is 186 Å². The molecule has 4 aromatic rings. The first kappa shape index (κ1) is 19.9. The van der Waals surface area contributed by atoms with Crippen molar-refractivity contribution in [2.75, 3.05) is 22.9 Å². The third kappa shape index (κ3) is 3.44. The number of nitrogens with zero attached hydrogens (tertiary/aromatic N) is 2. The third-order valence-electron chi connectivity index (χ3n) is 6.44. The number of hydrogen-bond donors (Lipinski definition) is 0. The summed E-state index contributed by atoms with van der Waals surface area (Å²) in [4.78, 5) is 4.70. The monoisotopic (exact) mass is 406 g/mol. The van der Waals surface area contributed by atoms with Crippen LogP contribution in [0.25, 0.3) is 21.5 Å². The average molecular weight is 407 g/mol. The maximum Gasteiger partial charge on any atom is 0.208 e. The first-order valence-corrected chi connectivity index (χ1v) is 11.4. The molecule has 31 heavy (non-hydrogen) atoms. The van der Waals surface area contributed by atoms with E-state index in [1.54, 1.807) is 0 Å². The fourth-order valence-electron chi connectivity index (χ4n) is 4.85. The molecule has 2 radical (unpaired) electrons. The number of rotatable bonds is 4. The average Bonchev–Trinajstić information content (AvgIpc) is 3.26. The Hall–Kier alpha value is -3.00. The highest BCUT2D eigenvalue weighted by Crippen LogP contribution is 2.41. The lowest BCUT2D eigenvalue weighted by Gasteiger charge is -2.27. The molecule has 0 aromatic heterocycles. The van der Waals surface area contributed by atoms with E-state index in [2.05, 4.69) is 117 Å². The van der Waals surface area contributed by atoms with Crippen molar-refractivity contribution in [1.82, 2.24) is 0 Å². The Morgan fingerprint density at radius 3 is 1.42 bits per heavy atom. The molecule has 1 saturated heterocycles. The molecule has 2 heteroatoms. The lowest BCUT2D eigenvalue weighted by molar-refractivity contribution is 0.857. The van der Waals surface area contributed by atoms with Crippen molar-refractivity contribution >= 4 is 32.9 Å².